The molecule has 0 saturated heterocycles. The number of aliphatic carboxylic acids is 1. The van der Waals surface area contributed by atoms with Crippen molar-refractivity contribution in [3.63, 3.8) is 0 Å². The summed E-state index contributed by atoms with van der Waals surface area (Å²) in [5, 5.41) is 9.20. The maximum atomic E-state index is 12.0. The van der Waals surface area contributed by atoms with Gasteiger partial charge in [0.2, 0.25) is 0 Å². The predicted octanol–water partition coefficient (Wildman–Crippen LogP) is 2.58. The third-order valence-corrected chi connectivity index (χ3v) is 4.41. The molecule has 0 bridgehead atoms. The summed E-state index contributed by atoms with van der Waals surface area (Å²) in [5.41, 5.74) is 1.63. The van der Waals surface area contributed by atoms with Gasteiger partial charge in [-0.25, -0.2) is 4.79 Å². The van der Waals surface area contributed by atoms with Gasteiger partial charge in [-0.15, -0.1) is 0 Å². The highest BCUT2D eigenvalue weighted by molar-refractivity contribution is 7.98. The van der Waals surface area contributed by atoms with Crippen LogP contribution in [0, 0.1) is 13.8 Å². The van der Waals surface area contributed by atoms with E-state index in [1.165, 1.54) is 0 Å². The van der Waals surface area contributed by atoms with Crippen molar-refractivity contribution >= 4 is 17.7 Å². The van der Waals surface area contributed by atoms with Crippen LogP contribution < -0.4 is 5.69 Å². The molecule has 0 aliphatic heterocycles. The third kappa shape index (κ3) is 4.59. The van der Waals surface area contributed by atoms with Crippen LogP contribution in [0.4, 0.5) is 0 Å². The molecular formula is C15H24N2O3S. The fourth-order valence-corrected chi connectivity index (χ4v) is 3.01. The molecule has 0 spiro atoms. The summed E-state index contributed by atoms with van der Waals surface area (Å²) in [4.78, 5) is 27.2. The molecule has 0 saturated carbocycles. The summed E-state index contributed by atoms with van der Waals surface area (Å²) >= 11 is 1.82. The van der Waals surface area contributed by atoms with E-state index in [0.29, 0.717) is 17.8 Å². The van der Waals surface area contributed by atoms with Crippen molar-refractivity contribution in [2.45, 2.75) is 52.5 Å². The summed E-state index contributed by atoms with van der Waals surface area (Å²) in [5.74, 6) is -0.421. The van der Waals surface area contributed by atoms with Crippen LogP contribution in [0.3, 0.4) is 0 Å². The van der Waals surface area contributed by atoms with E-state index in [1.807, 2.05) is 18.7 Å². The minimum atomic E-state index is -0.895. The summed E-state index contributed by atoms with van der Waals surface area (Å²) in [7, 11) is 0. The van der Waals surface area contributed by atoms with E-state index < -0.39 is 11.9 Å². The number of rotatable bonds is 8. The van der Waals surface area contributed by atoms with Gasteiger partial charge in [-0.05, 0) is 45.6 Å². The van der Waals surface area contributed by atoms with Crippen molar-refractivity contribution in [3.05, 3.63) is 27.4 Å². The molecular weight excluding hydrogens is 288 g/mol. The maximum Gasteiger partial charge on any atom is 0.347 e. The van der Waals surface area contributed by atoms with Gasteiger partial charge in [0, 0.05) is 23.5 Å². The molecule has 0 aromatic carbocycles. The minimum Gasteiger partial charge on any atom is -0.481 e. The number of hydrogen-bond acceptors (Lipinski definition) is 4. The Kier molecular flexibility index (Phi) is 6.95. The van der Waals surface area contributed by atoms with Gasteiger partial charge in [-0.3, -0.25) is 9.36 Å². The molecule has 0 fully saturated rings. The lowest BCUT2D eigenvalue weighted by Gasteiger charge is -2.18. The molecule has 0 aliphatic carbocycles. The number of unbranched alkanes of at least 4 members (excludes halogenated alkanes) is 2. The zero-order chi connectivity index (χ0) is 16.0. The van der Waals surface area contributed by atoms with Crippen molar-refractivity contribution in [2.75, 3.05) is 12.0 Å². The first-order valence-electron chi connectivity index (χ1n) is 7.19. The second-order valence-electron chi connectivity index (χ2n) is 5.24. The summed E-state index contributed by atoms with van der Waals surface area (Å²) < 4.78 is 1.61. The Balaban J connectivity index is 2.97. The lowest BCUT2D eigenvalue weighted by molar-refractivity contribution is -0.138. The average molecular weight is 312 g/mol. The fraction of sp³-hybridized carbons (Fsp3) is 0.667. The molecule has 1 atom stereocenters. The van der Waals surface area contributed by atoms with Gasteiger partial charge in [0.1, 0.15) is 0 Å². The molecule has 1 aromatic rings. The first-order chi connectivity index (χ1) is 9.90. The van der Waals surface area contributed by atoms with Crippen LogP contribution in [-0.4, -0.2) is 32.6 Å². The Hall–Kier alpha value is -1.30. The lowest BCUT2D eigenvalue weighted by Crippen LogP contribution is -2.29. The molecule has 1 heterocycles. The summed E-state index contributed by atoms with van der Waals surface area (Å²) in [6.07, 6.45) is 5.18. The van der Waals surface area contributed by atoms with Gasteiger partial charge in [0.05, 0.1) is 5.92 Å². The highest BCUT2D eigenvalue weighted by Gasteiger charge is 2.21. The number of nitrogens with zero attached hydrogens (tertiary/aromatic N) is 2. The van der Waals surface area contributed by atoms with Crippen molar-refractivity contribution in [3.8, 4) is 0 Å². The monoisotopic (exact) mass is 312 g/mol. The molecule has 1 unspecified atom stereocenters. The van der Waals surface area contributed by atoms with E-state index in [9.17, 15) is 14.7 Å². The van der Waals surface area contributed by atoms with Crippen LogP contribution in [0.5, 0.6) is 0 Å². The summed E-state index contributed by atoms with van der Waals surface area (Å²) in [6, 6.07) is 0. The number of carboxylic acid groups (broad SMARTS) is 1. The molecule has 1 aromatic heterocycles. The number of carboxylic acids is 1. The van der Waals surface area contributed by atoms with Gasteiger partial charge >= 0.3 is 11.7 Å². The lowest BCUT2D eigenvalue weighted by atomic mass is 9.98. The van der Waals surface area contributed by atoms with Crippen molar-refractivity contribution < 1.29 is 9.90 Å². The zero-order valence-corrected chi connectivity index (χ0v) is 14.0. The van der Waals surface area contributed by atoms with E-state index >= 15 is 0 Å². The second kappa shape index (κ2) is 8.22. The number of carbonyl (C=O) groups is 1. The van der Waals surface area contributed by atoms with Crippen molar-refractivity contribution in [1.29, 1.82) is 0 Å². The smallest absolute Gasteiger partial charge is 0.347 e. The second-order valence-corrected chi connectivity index (χ2v) is 6.23. The average Bonchev–Trinajstić information content (AvgIpc) is 2.41. The zero-order valence-electron chi connectivity index (χ0n) is 13.2. The van der Waals surface area contributed by atoms with Gasteiger partial charge < -0.3 is 5.11 Å². The first kappa shape index (κ1) is 17.8. The number of aromatic nitrogens is 2. The Morgan fingerprint density at radius 1 is 1.33 bits per heavy atom. The normalized spacial score (nSPS) is 12.4. The SMILES string of the molecule is CSCCCCCn1c(C)c(C(C)C(=O)O)c(C)nc1=O. The van der Waals surface area contributed by atoms with Gasteiger partial charge in [-0.2, -0.15) is 16.7 Å². The van der Waals surface area contributed by atoms with Crippen LogP contribution in [0.15, 0.2) is 4.79 Å². The van der Waals surface area contributed by atoms with Crippen LogP contribution in [-0.2, 0) is 11.3 Å². The molecule has 1 N–H and O–H groups in total. The maximum absolute atomic E-state index is 12.0. The van der Waals surface area contributed by atoms with Crippen LogP contribution >= 0.6 is 11.8 Å². The highest BCUT2D eigenvalue weighted by atomic mass is 32.2. The molecule has 1 rings (SSSR count). The number of thioether (sulfide) groups is 1. The van der Waals surface area contributed by atoms with Crippen molar-refractivity contribution in [1.82, 2.24) is 9.55 Å². The van der Waals surface area contributed by atoms with Crippen LogP contribution in [0.1, 0.15) is 49.1 Å². The quantitative estimate of drug-likeness (QED) is 0.747. The van der Waals surface area contributed by atoms with Crippen molar-refractivity contribution in [2.24, 2.45) is 0 Å². The van der Waals surface area contributed by atoms with E-state index in [0.717, 1.165) is 30.7 Å². The third-order valence-electron chi connectivity index (χ3n) is 3.71. The molecule has 0 aliphatic rings. The Morgan fingerprint density at radius 2 is 2.00 bits per heavy atom. The van der Waals surface area contributed by atoms with Gasteiger partial charge in [0.15, 0.2) is 0 Å². The molecule has 0 amide bonds. The Bertz CT molecular complexity index is 555. The summed E-state index contributed by atoms with van der Waals surface area (Å²) in [6.45, 7) is 5.75. The molecule has 0 radical (unpaired) electrons. The van der Waals surface area contributed by atoms with E-state index in [1.54, 1.807) is 18.4 Å². The molecule has 118 valence electrons. The Morgan fingerprint density at radius 3 is 2.57 bits per heavy atom. The van der Waals surface area contributed by atoms with E-state index in [2.05, 4.69) is 11.2 Å². The number of hydrogen-bond donors (Lipinski definition) is 1. The highest BCUT2D eigenvalue weighted by Crippen LogP contribution is 2.21. The minimum absolute atomic E-state index is 0.281. The predicted molar refractivity (Wildman–Crippen MR) is 86.3 cm³/mol. The fourth-order valence-electron chi connectivity index (χ4n) is 2.52. The van der Waals surface area contributed by atoms with Gasteiger partial charge in [-0.1, -0.05) is 6.42 Å². The molecule has 21 heavy (non-hydrogen) atoms. The van der Waals surface area contributed by atoms with Crippen LogP contribution in [0.25, 0.3) is 0 Å². The molecule has 6 heteroatoms. The van der Waals surface area contributed by atoms with Crippen LogP contribution in [0.2, 0.25) is 0 Å². The van der Waals surface area contributed by atoms with E-state index in [4.69, 9.17) is 0 Å². The first-order valence-corrected chi connectivity index (χ1v) is 8.59. The van der Waals surface area contributed by atoms with E-state index in [-0.39, 0.29) is 5.69 Å². The molecule has 5 nitrogen and oxygen atoms in total. The largest absolute Gasteiger partial charge is 0.481 e. The van der Waals surface area contributed by atoms with Gasteiger partial charge in [0.25, 0.3) is 0 Å². The Labute approximate surface area is 129 Å². The topological polar surface area (TPSA) is 72.2 Å². The number of aryl methyl sites for hydroxylation is 1. The standard InChI is InChI=1S/C15H24N2O3S/c1-10(14(18)19)13-11(2)16-15(20)17(12(13)3)8-6-5-7-9-21-4/h10H,5-9H2,1-4H3,(H,18,19).